The van der Waals surface area contributed by atoms with Crippen molar-refractivity contribution in [3.63, 3.8) is 0 Å². The van der Waals surface area contributed by atoms with Gasteiger partial charge in [-0.05, 0) is 42.9 Å². The highest BCUT2D eigenvalue weighted by Gasteiger charge is 2.45. The zero-order valence-electron chi connectivity index (χ0n) is 12.5. The quantitative estimate of drug-likeness (QED) is 0.858. The van der Waals surface area contributed by atoms with E-state index in [0.29, 0.717) is 13.2 Å². The third kappa shape index (κ3) is 2.79. The van der Waals surface area contributed by atoms with Crippen LogP contribution in [-0.2, 0) is 11.3 Å². The van der Waals surface area contributed by atoms with Crippen LogP contribution in [0.4, 0.5) is 0 Å². The zero-order valence-corrected chi connectivity index (χ0v) is 14.1. The summed E-state index contributed by atoms with van der Waals surface area (Å²) in [7, 11) is 5.78. The van der Waals surface area contributed by atoms with E-state index in [4.69, 9.17) is 4.74 Å². The molecule has 20 heavy (non-hydrogen) atoms. The van der Waals surface area contributed by atoms with Crippen LogP contribution in [0, 0.1) is 0 Å². The predicted molar refractivity (Wildman–Crippen MR) is 81.6 cm³/mol. The Balaban J connectivity index is 2.31. The Kier molecular flexibility index (Phi) is 5.23. The van der Waals surface area contributed by atoms with E-state index in [0.717, 1.165) is 23.0 Å². The number of halogens is 1. The van der Waals surface area contributed by atoms with Gasteiger partial charge < -0.3 is 14.7 Å². The first-order valence-electron chi connectivity index (χ1n) is 7.08. The molecule has 1 heterocycles. The number of methoxy groups -OCH3 is 1. The summed E-state index contributed by atoms with van der Waals surface area (Å²) in [6.45, 7) is 1.24. The number of rotatable bonds is 6. The number of hydrogen-bond acceptors (Lipinski definition) is 4. The fourth-order valence-corrected chi connectivity index (χ4v) is 3.72. The second-order valence-electron chi connectivity index (χ2n) is 5.70. The molecule has 1 atom stereocenters. The van der Waals surface area contributed by atoms with Crippen molar-refractivity contribution in [3.8, 4) is 0 Å². The molecule has 1 aromatic rings. The molecule has 1 aliphatic carbocycles. The molecule has 1 unspecified atom stereocenters. The Morgan fingerprint density at radius 1 is 1.50 bits per heavy atom. The van der Waals surface area contributed by atoms with Gasteiger partial charge in [0.15, 0.2) is 0 Å². The molecule has 0 saturated heterocycles. The van der Waals surface area contributed by atoms with Gasteiger partial charge in [-0.2, -0.15) is 5.10 Å². The largest absolute Gasteiger partial charge is 0.385 e. The number of aliphatic hydroxyl groups is 1. The van der Waals surface area contributed by atoms with Crippen LogP contribution in [0.2, 0.25) is 0 Å². The molecule has 0 radical (unpaired) electrons. The molecular formula is C14H24BrN3O2. The minimum atomic E-state index is -0.547. The maximum absolute atomic E-state index is 11.0. The van der Waals surface area contributed by atoms with Crippen molar-refractivity contribution in [1.29, 1.82) is 0 Å². The van der Waals surface area contributed by atoms with E-state index in [2.05, 4.69) is 40.0 Å². The van der Waals surface area contributed by atoms with E-state index in [1.807, 2.05) is 4.68 Å². The van der Waals surface area contributed by atoms with Crippen molar-refractivity contribution in [2.45, 2.75) is 43.9 Å². The maximum Gasteiger partial charge on any atom is 0.115 e. The van der Waals surface area contributed by atoms with Gasteiger partial charge in [0, 0.05) is 7.11 Å². The molecule has 2 rings (SSSR count). The van der Waals surface area contributed by atoms with E-state index in [1.165, 1.54) is 12.8 Å². The monoisotopic (exact) mass is 345 g/mol. The van der Waals surface area contributed by atoms with Gasteiger partial charge in [0.25, 0.3) is 0 Å². The molecule has 1 N–H and O–H groups in total. The summed E-state index contributed by atoms with van der Waals surface area (Å²) in [5.41, 5.74) is 0.672. The van der Waals surface area contributed by atoms with Crippen LogP contribution in [-0.4, -0.2) is 53.1 Å². The summed E-state index contributed by atoms with van der Waals surface area (Å²) in [5, 5.41) is 15.4. The number of aromatic nitrogens is 2. The van der Waals surface area contributed by atoms with Crippen molar-refractivity contribution in [2.24, 2.45) is 0 Å². The highest BCUT2D eigenvalue weighted by Crippen LogP contribution is 2.44. The van der Waals surface area contributed by atoms with Gasteiger partial charge in [0.2, 0.25) is 0 Å². The first-order valence-corrected chi connectivity index (χ1v) is 7.88. The number of likely N-dealkylation sites (N-methyl/N-ethyl adjacent to an activating group) is 1. The normalized spacial score (nSPS) is 19.7. The summed E-state index contributed by atoms with van der Waals surface area (Å²) < 4.78 is 7.84. The fraction of sp³-hybridized carbons (Fsp3) is 0.786. The first-order chi connectivity index (χ1) is 9.53. The van der Waals surface area contributed by atoms with Crippen LogP contribution in [0.25, 0.3) is 0 Å². The lowest BCUT2D eigenvalue weighted by atomic mass is 9.87. The van der Waals surface area contributed by atoms with Crippen LogP contribution in [0.3, 0.4) is 0 Å². The molecule has 1 aliphatic rings. The van der Waals surface area contributed by atoms with Crippen molar-refractivity contribution in [1.82, 2.24) is 14.7 Å². The van der Waals surface area contributed by atoms with E-state index < -0.39 is 6.10 Å². The topological polar surface area (TPSA) is 50.5 Å². The minimum Gasteiger partial charge on any atom is -0.385 e. The van der Waals surface area contributed by atoms with Gasteiger partial charge in [-0.15, -0.1) is 0 Å². The Morgan fingerprint density at radius 2 is 2.15 bits per heavy atom. The lowest BCUT2D eigenvalue weighted by Crippen LogP contribution is -2.47. The first kappa shape index (κ1) is 15.9. The Hall–Kier alpha value is -0.430. The van der Waals surface area contributed by atoms with Crippen LogP contribution in [0.15, 0.2) is 10.7 Å². The number of ether oxygens (including phenoxy) is 1. The number of nitrogens with zero attached hydrogens (tertiary/aromatic N) is 3. The molecule has 0 spiro atoms. The summed E-state index contributed by atoms with van der Waals surface area (Å²) in [6.07, 6.45) is 5.57. The van der Waals surface area contributed by atoms with Crippen molar-refractivity contribution < 1.29 is 9.84 Å². The summed E-state index contributed by atoms with van der Waals surface area (Å²) in [5.74, 6) is 0. The molecule has 0 aromatic carbocycles. The summed E-state index contributed by atoms with van der Waals surface area (Å²) in [4.78, 5) is 2.17. The zero-order chi connectivity index (χ0) is 14.8. The molecule has 1 saturated carbocycles. The Labute approximate surface area is 129 Å². The van der Waals surface area contributed by atoms with Gasteiger partial charge in [-0.3, -0.25) is 4.68 Å². The van der Waals surface area contributed by atoms with E-state index in [9.17, 15) is 5.11 Å². The number of hydrogen-bond donors (Lipinski definition) is 1. The van der Waals surface area contributed by atoms with Crippen molar-refractivity contribution in [3.05, 3.63) is 16.4 Å². The van der Waals surface area contributed by atoms with Crippen LogP contribution >= 0.6 is 15.9 Å². The van der Waals surface area contributed by atoms with Crippen LogP contribution in [0.1, 0.15) is 37.5 Å². The molecule has 1 fully saturated rings. The standard InChI is InChI=1S/C14H24BrN3O2/c1-17(2)14(6-4-5-7-14)13(19)12-11(15)10-16-18(12)8-9-20-3/h10,13,19H,4-9H2,1-3H3. The third-order valence-electron chi connectivity index (χ3n) is 4.47. The van der Waals surface area contributed by atoms with E-state index >= 15 is 0 Å². The summed E-state index contributed by atoms with van der Waals surface area (Å²) >= 11 is 3.53. The smallest absolute Gasteiger partial charge is 0.115 e. The molecule has 6 heteroatoms. The molecule has 0 bridgehead atoms. The maximum atomic E-state index is 11.0. The lowest BCUT2D eigenvalue weighted by Gasteiger charge is -2.40. The fourth-order valence-electron chi connectivity index (χ4n) is 3.21. The second kappa shape index (κ2) is 6.56. The van der Waals surface area contributed by atoms with Crippen molar-refractivity contribution >= 4 is 15.9 Å². The minimum absolute atomic E-state index is 0.187. The van der Waals surface area contributed by atoms with Gasteiger partial charge in [-0.1, -0.05) is 12.8 Å². The van der Waals surface area contributed by atoms with Crippen molar-refractivity contribution in [2.75, 3.05) is 27.8 Å². The second-order valence-corrected chi connectivity index (χ2v) is 6.56. The van der Waals surface area contributed by atoms with Gasteiger partial charge in [0.1, 0.15) is 6.10 Å². The van der Waals surface area contributed by atoms with Gasteiger partial charge in [0.05, 0.1) is 35.1 Å². The highest BCUT2D eigenvalue weighted by molar-refractivity contribution is 9.10. The molecule has 0 aliphatic heterocycles. The third-order valence-corrected chi connectivity index (χ3v) is 5.08. The van der Waals surface area contributed by atoms with Crippen LogP contribution in [0.5, 0.6) is 0 Å². The van der Waals surface area contributed by atoms with Gasteiger partial charge >= 0.3 is 0 Å². The van der Waals surface area contributed by atoms with E-state index in [1.54, 1.807) is 13.3 Å². The lowest BCUT2D eigenvalue weighted by molar-refractivity contribution is -0.0109. The van der Waals surface area contributed by atoms with Gasteiger partial charge in [-0.25, -0.2) is 0 Å². The average molecular weight is 346 g/mol. The number of aliphatic hydroxyl groups excluding tert-OH is 1. The molecular weight excluding hydrogens is 322 g/mol. The average Bonchev–Trinajstić information content (AvgIpc) is 3.03. The predicted octanol–water partition coefficient (Wildman–Crippen LogP) is 2.20. The van der Waals surface area contributed by atoms with Crippen LogP contribution < -0.4 is 0 Å². The Morgan fingerprint density at radius 3 is 2.70 bits per heavy atom. The summed E-state index contributed by atoms with van der Waals surface area (Å²) in [6, 6.07) is 0. The highest BCUT2D eigenvalue weighted by atomic mass is 79.9. The van der Waals surface area contributed by atoms with E-state index in [-0.39, 0.29) is 5.54 Å². The molecule has 1 aromatic heterocycles. The molecule has 5 nitrogen and oxygen atoms in total. The Bertz CT molecular complexity index is 442. The SMILES string of the molecule is COCCn1ncc(Br)c1C(O)C1(N(C)C)CCCC1. The molecule has 114 valence electrons. The molecule has 0 amide bonds.